The van der Waals surface area contributed by atoms with Crippen LogP contribution in [-0.4, -0.2) is 55.5 Å². The third-order valence-corrected chi connectivity index (χ3v) is 5.07. The molecule has 1 aliphatic heterocycles. The third-order valence-electron chi connectivity index (χ3n) is 5.07. The van der Waals surface area contributed by atoms with Gasteiger partial charge in [0.15, 0.2) is 23.2 Å². The van der Waals surface area contributed by atoms with Gasteiger partial charge in [-0.25, -0.2) is 0 Å². The van der Waals surface area contributed by atoms with E-state index in [1.54, 1.807) is 38.2 Å². The Kier molecular flexibility index (Phi) is 5.53. The molecule has 1 aliphatic carbocycles. The molecule has 1 atom stereocenters. The van der Waals surface area contributed by atoms with E-state index in [-0.39, 0.29) is 18.3 Å². The first kappa shape index (κ1) is 19.7. The average molecular weight is 385 g/mol. The second-order valence-corrected chi connectivity index (χ2v) is 6.57. The Morgan fingerprint density at radius 3 is 2.39 bits per heavy atom. The van der Waals surface area contributed by atoms with Crippen LogP contribution in [-0.2, 0) is 25.5 Å². The molecule has 0 bridgehead atoms. The fourth-order valence-electron chi connectivity index (χ4n) is 3.65. The van der Waals surface area contributed by atoms with Gasteiger partial charge in [0.25, 0.3) is 0 Å². The fourth-order valence-corrected chi connectivity index (χ4v) is 3.65. The summed E-state index contributed by atoms with van der Waals surface area (Å²) in [5.41, 5.74) is 0.00777. The summed E-state index contributed by atoms with van der Waals surface area (Å²) in [6.45, 7) is 2.27. The molecule has 1 heterocycles. The normalized spacial score (nSPS) is 19.5. The number of hydrogen-bond acceptors (Lipinski definition) is 6. The topological polar surface area (TPSA) is 82.1 Å². The van der Waals surface area contributed by atoms with Gasteiger partial charge in [-0.15, -0.1) is 0 Å². The largest absolute Gasteiger partial charge is 0.493 e. The van der Waals surface area contributed by atoms with Crippen LogP contribution in [0.1, 0.15) is 12.5 Å². The van der Waals surface area contributed by atoms with Gasteiger partial charge in [0, 0.05) is 6.54 Å². The van der Waals surface area contributed by atoms with E-state index in [1.165, 1.54) is 12.2 Å². The number of allylic oxidation sites excluding steroid dienone is 2. The van der Waals surface area contributed by atoms with Crippen molar-refractivity contribution >= 4 is 17.7 Å². The van der Waals surface area contributed by atoms with E-state index in [1.807, 2.05) is 18.2 Å². The van der Waals surface area contributed by atoms with Gasteiger partial charge in [-0.1, -0.05) is 6.07 Å². The van der Waals surface area contributed by atoms with Crippen molar-refractivity contribution in [3.05, 3.63) is 48.1 Å². The highest BCUT2D eigenvalue weighted by molar-refractivity contribution is 6.09. The molecule has 7 heteroatoms. The smallest absolute Gasteiger partial charge is 0.321 e. The molecule has 1 saturated heterocycles. The lowest BCUT2D eigenvalue weighted by Crippen LogP contribution is -2.72. The highest BCUT2D eigenvalue weighted by Gasteiger charge is 2.61. The van der Waals surface area contributed by atoms with E-state index in [0.29, 0.717) is 24.5 Å². The maximum Gasteiger partial charge on any atom is 0.321 e. The monoisotopic (exact) mass is 385 g/mol. The number of carbonyl (C=O) groups excluding carboxylic acids is 3. The minimum Gasteiger partial charge on any atom is -0.493 e. The molecule has 0 N–H and O–H groups in total. The predicted molar refractivity (Wildman–Crippen MR) is 101 cm³/mol. The second-order valence-electron chi connectivity index (χ2n) is 6.57. The lowest BCUT2D eigenvalue weighted by Gasteiger charge is -2.54. The number of hydrogen-bond donors (Lipinski definition) is 0. The van der Waals surface area contributed by atoms with Crippen LogP contribution in [0.4, 0.5) is 0 Å². The number of methoxy groups -OCH3 is 2. The molecule has 1 fully saturated rings. The summed E-state index contributed by atoms with van der Waals surface area (Å²) in [6.07, 6.45) is 6.57. The zero-order valence-corrected chi connectivity index (χ0v) is 16.1. The number of ether oxygens (including phenoxy) is 3. The van der Waals surface area contributed by atoms with Crippen LogP contribution in [0.2, 0.25) is 0 Å². The molecule has 0 aromatic heterocycles. The van der Waals surface area contributed by atoms with E-state index in [2.05, 4.69) is 0 Å². The summed E-state index contributed by atoms with van der Waals surface area (Å²) in [5.74, 6) is -0.772. The zero-order valence-electron chi connectivity index (χ0n) is 16.1. The van der Waals surface area contributed by atoms with Crippen molar-refractivity contribution in [2.45, 2.75) is 18.9 Å². The molecule has 0 radical (unpaired) electrons. The molecule has 2 aliphatic rings. The van der Waals surface area contributed by atoms with Crippen molar-refractivity contribution in [2.75, 3.05) is 27.4 Å². The standard InChI is InChI=1S/C21H23NO6/c1-4-28-20(25)18-19(24)22(21(18)10-7-15(23)8-11-21)12-9-14-5-6-16(26-2)17(13-14)27-3/h5-8,10-11,13,18H,4,9,12H2,1-3H3. The van der Waals surface area contributed by atoms with Crippen molar-refractivity contribution in [3.63, 3.8) is 0 Å². The molecule has 148 valence electrons. The van der Waals surface area contributed by atoms with Gasteiger partial charge in [0.05, 0.1) is 20.8 Å². The van der Waals surface area contributed by atoms with E-state index >= 15 is 0 Å². The van der Waals surface area contributed by atoms with Gasteiger partial charge in [-0.3, -0.25) is 14.4 Å². The van der Waals surface area contributed by atoms with Crippen molar-refractivity contribution in [2.24, 2.45) is 5.92 Å². The van der Waals surface area contributed by atoms with Gasteiger partial charge in [0.1, 0.15) is 5.54 Å². The van der Waals surface area contributed by atoms with E-state index in [4.69, 9.17) is 14.2 Å². The number of nitrogens with zero attached hydrogens (tertiary/aromatic N) is 1. The molecule has 1 aromatic carbocycles. The molecule has 3 rings (SSSR count). The first-order chi connectivity index (χ1) is 13.5. The Bertz CT molecular complexity index is 840. The Morgan fingerprint density at radius 2 is 1.79 bits per heavy atom. The number of ketones is 1. The van der Waals surface area contributed by atoms with E-state index in [0.717, 1.165) is 5.56 Å². The number of likely N-dealkylation sites (tertiary alicyclic amines) is 1. The highest BCUT2D eigenvalue weighted by atomic mass is 16.5. The maximum absolute atomic E-state index is 12.7. The van der Waals surface area contributed by atoms with E-state index in [9.17, 15) is 14.4 Å². The molecule has 1 unspecified atom stereocenters. The lowest BCUT2D eigenvalue weighted by molar-refractivity contribution is -0.176. The number of carbonyl (C=O) groups is 3. The predicted octanol–water partition coefficient (Wildman–Crippen LogP) is 1.70. The summed E-state index contributed by atoms with van der Waals surface area (Å²) >= 11 is 0. The molecular weight excluding hydrogens is 362 g/mol. The Labute approximate surface area is 163 Å². The molecular formula is C21H23NO6. The van der Waals surface area contributed by atoms with Gasteiger partial charge >= 0.3 is 5.97 Å². The zero-order chi connectivity index (χ0) is 20.3. The van der Waals surface area contributed by atoms with Crippen LogP contribution in [0.25, 0.3) is 0 Å². The maximum atomic E-state index is 12.7. The van der Waals surface area contributed by atoms with Crippen molar-refractivity contribution in [1.29, 1.82) is 0 Å². The third kappa shape index (κ3) is 3.28. The summed E-state index contributed by atoms with van der Waals surface area (Å²) < 4.78 is 15.6. The van der Waals surface area contributed by atoms with Crippen LogP contribution >= 0.6 is 0 Å². The van der Waals surface area contributed by atoms with Crippen LogP contribution in [0.3, 0.4) is 0 Å². The number of esters is 1. The Hall–Kier alpha value is -3.09. The summed E-state index contributed by atoms with van der Waals surface area (Å²) in [6, 6.07) is 5.56. The quantitative estimate of drug-likeness (QED) is 0.404. The van der Waals surface area contributed by atoms with E-state index < -0.39 is 17.4 Å². The van der Waals surface area contributed by atoms with Gasteiger partial charge in [-0.05, 0) is 55.3 Å². The summed E-state index contributed by atoms with van der Waals surface area (Å²) in [4.78, 5) is 38.2. The number of amides is 1. The van der Waals surface area contributed by atoms with Crippen molar-refractivity contribution in [3.8, 4) is 11.5 Å². The summed E-state index contributed by atoms with van der Waals surface area (Å²) in [7, 11) is 3.13. The highest BCUT2D eigenvalue weighted by Crippen LogP contribution is 2.43. The van der Waals surface area contributed by atoms with Crippen LogP contribution in [0.5, 0.6) is 11.5 Å². The van der Waals surface area contributed by atoms with Crippen molar-refractivity contribution < 1.29 is 28.6 Å². The minimum absolute atomic E-state index is 0.174. The van der Waals surface area contributed by atoms with Gasteiger partial charge in [0.2, 0.25) is 5.91 Å². The van der Waals surface area contributed by atoms with Crippen LogP contribution in [0.15, 0.2) is 42.5 Å². The molecule has 0 saturated carbocycles. The number of β-lactam (4-membered cyclic amide) rings is 1. The molecule has 1 spiro atoms. The number of benzene rings is 1. The molecule has 28 heavy (non-hydrogen) atoms. The lowest BCUT2D eigenvalue weighted by atomic mass is 9.70. The first-order valence-corrected chi connectivity index (χ1v) is 9.08. The SMILES string of the molecule is CCOC(=O)C1C(=O)N(CCc2ccc(OC)c(OC)c2)C12C=CC(=O)C=C2. The van der Waals surface area contributed by atoms with Crippen molar-refractivity contribution in [1.82, 2.24) is 4.90 Å². The Balaban J connectivity index is 1.80. The second kappa shape index (κ2) is 7.88. The average Bonchev–Trinajstić information content (AvgIpc) is 2.69. The molecule has 1 aromatic rings. The first-order valence-electron chi connectivity index (χ1n) is 9.08. The summed E-state index contributed by atoms with van der Waals surface area (Å²) in [5, 5.41) is 0. The molecule has 1 amide bonds. The fraction of sp³-hybridized carbons (Fsp3) is 0.381. The van der Waals surface area contributed by atoms with Crippen LogP contribution < -0.4 is 9.47 Å². The molecule has 7 nitrogen and oxygen atoms in total. The number of rotatable bonds is 7. The van der Waals surface area contributed by atoms with Gasteiger partial charge < -0.3 is 19.1 Å². The minimum atomic E-state index is -0.960. The van der Waals surface area contributed by atoms with Gasteiger partial charge in [-0.2, -0.15) is 0 Å². The van der Waals surface area contributed by atoms with Crippen LogP contribution in [0, 0.1) is 5.92 Å². The Morgan fingerprint density at radius 1 is 1.11 bits per heavy atom.